The minimum Gasteiger partial charge on any atom is -0.465 e. The molecule has 1 amide bonds. The van der Waals surface area contributed by atoms with Gasteiger partial charge < -0.3 is 14.8 Å². The third-order valence-corrected chi connectivity index (χ3v) is 5.18. The smallest absolute Gasteiger partial charge is 0.408 e. The van der Waals surface area contributed by atoms with Crippen molar-refractivity contribution in [1.82, 2.24) is 15.2 Å². The van der Waals surface area contributed by atoms with E-state index in [0.717, 1.165) is 23.2 Å². The molecule has 27 heavy (non-hydrogen) atoms. The zero-order chi connectivity index (χ0) is 19.4. The second-order valence-electron chi connectivity index (χ2n) is 6.42. The van der Waals surface area contributed by atoms with E-state index >= 15 is 0 Å². The van der Waals surface area contributed by atoms with Crippen LogP contribution in [0.25, 0.3) is 11.1 Å². The van der Waals surface area contributed by atoms with Gasteiger partial charge in [0.25, 0.3) is 0 Å². The highest BCUT2D eigenvalue weighted by Crippen LogP contribution is 2.27. The third kappa shape index (κ3) is 3.89. The highest BCUT2D eigenvalue weighted by atomic mass is 35.5. The van der Waals surface area contributed by atoms with Crippen LogP contribution in [0.1, 0.15) is 6.42 Å². The first kappa shape index (κ1) is 19.1. The lowest BCUT2D eigenvalue weighted by molar-refractivity contribution is -0.110. The highest BCUT2D eigenvalue weighted by molar-refractivity contribution is 6.30. The topological polar surface area (TPSA) is 85.8 Å². The summed E-state index contributed by atoms with van der Waals surface area (Å²) in [5.74, 6) is 0.739. The summed E-state index contributed by atoms with van der Waals surface area (Å²) < 4.78 is 0. The van der Waals surface area contributed by atoms with Crippen LogP contribution in [0.5, 0.6) is 0 Å². The van der Waals surface area contributed by atoms with E-state index < -0.39 is 11.8 Å². The molecular weight excluding hydrogens is 368 g/mol. The summed E-state index contributed by atoms with van der Waals surface area (Å²) >= 11 is 5.93. The van der Waals surface area contributed by atoms with Crippen LogP contribution in [0.2, 0.25) is 5.02 Å². The van der Waals surface area contributed by atoms with Gasteiger partial charge >= 0.3 is 6.09 Å². The number of nitrogens with one attached hydrogen (secondary N) is 1. The summed E-state index contributed by atoms with van der Waals surface area (Å²) in [6, 6.07) is 11.4. The molecule has 2 aromatic rings. The largest absolute Gasteiger partial charge is 0.465 e. The molecule has 8 heteroatoms. The first-order valence-electron chi connectivity index (χ1n) is 8.59. The summed E-state index contributed by atoms with van der Waals surface area (Å²) in [5, 5.41) is 13.2. The number of hydrogen-bond acceptors (Lipinski definition) is 5. The molecule has 2 N–H and O–H groups in total. The molecule has 1 atom stereocenters. The van der Waals surface area contributed by atoms with Crippen LogP contribution in [-0.2, 0) is 4.79 Å². The number of rotatable bonds is 5. The van der Waals surface area contributed by atoms with E-state index in [1.807, 2.05) is 41.3 Å². The summed E-state index contributed by atoms with van der Waals surface area (Å²) in [7, 11) is 1.67. The second kappa shape index (κ2) is 7.94. The number of benzene rings is 1. The van der Waals surface area contributed by atoms with Gasteiger partial charge in [0.2, 0.25) is 0 Å². The Bertz CT molecular complexity index is 813. The molecule has 1 aromatic carbocycles. The van der Waals surface area contributed by atoms with E-state index in [1.54, 1.807) is 13.2 Å². The molecule has 2 heterocycles. The highest BCUT2D eigenvalue weighted by Gasteiger charge is 2.43. The van der Waals surface area contributed by atoms with Crippen molar-refractivity contribution in [2.75, 3.05) is 31.6 Å². The number of carbonyl (C=O) groups is 2. The van der Waals surface area contributed by atoms with Gasteiger partial charge in [-0.15, -0.1) is 0 Å². The van der Waals surface area contributed by atoms with Crippen LogP contribution in [0, 0.1) is 0 Å². The Labute approximate surface area is 162 Å². The van der Waals surface area contributed by atoms with Gasteiger partial charge in [-0.3, -0.25) is 10.2 Å². The number of piperazine rings is 1. The van der Waals surface area contributed by atoms with Gasteiger partial charge in [-0.05, 0) is 36.9 Å². The standard InChI is InChI=1S/C19H21ClN4O3/c1-21-19(8-11-25)13-23(9-10-24(19)18(26)27)17-7-4-15(12-22-17)14-2-5-16(20)6-3-14/h2-7,11-12,21H,8-10,13H2,1H3,(H,26,27). The molecule has 1 aliphatic heterocycles. The first-order chi connectivity index (χ1) is 13.0. The maximum Gasteiger partial charge on any atom is 0.408 e. The van der Waals surface area contributed by atoms with Crippen molar-refractivity contribution in [2.24, 2.45) is 0 Å². The van der Waals surface area contributed by atoms with Crippen molar-refractivity contribution in [3.8, 4) is 11.1 Å². The minimum absolute atomic E-state index is 0.0646. The zero-order valence-corrected chi connectivity index (χ0v) is 15.7. The Balaban J connectivity index is 1.83. The fourth-order valence-corrected chi connectivity index (χ4v) is 3.53. The number of nitrogens with zero attached hydrogens (tertiary/aromatic N) is 3. The number of aldehydes is 1. The predicted octanol–water partition coefficient (Wildman–Crippen LogP) is 2.71. The molecule has 7 nitrogen and oxygen atoms in total. The normalized spacial score (nSPS) is 19.8. The molecule has 0 spiro atoms. The first-order valence-corrected chi connectivity index (χ1v) is 8.97. The number of pyridine rings is 1. The average molecular weight is 389 g/mol. The fourth-order valence-electron chi connectivity index (χ4n) is 3.40. The Morgan fingerprint density at radius 2 is 1.96 bits per heavy atom. The lowest BCUT2D eigenvalue weighted by Crippen LogP contribution is -2.70. The van der Waals surface area contributed by atoms with Crippen LogP contribution >= 0.6 is 11.6 Å². The van der Waals surface area contributed by atoms with Crippen LogP contribution in [-0.4, -0.2) is 59.7 Å². The molecule has 1 saturated heterocycles. The predicted molar refractivity (Wildman–Crippen MR) is 104 cm³/mol. The lowest BCUT2D eigenvalue weighted by Gasteiger charge is -2.49. The van der Waals surface area contributed by atoms with E-state index in [2.05, 4.69) is 10.3 Å². The zero-order valence-electron chi connectivity index (χ0n) is 14.9. The number of hydrogen-bond donors (Lipinski definition) is 2. The lowest BCUT2D eigenvalue weighted by atomic mass is 10.0. The average Bonchev–Trinajstić information content (AvgIpc) is 2.68. The molecule has 0 saturated carbocycles. The summed E-state index contributed by atoms with van der Waals surface area (Å²) in [4.78, 5) is 30.6. The Hall–Kier alpha value is -2.64. The number of anilines is 1. The maximum absolute atomic E-state index is 11.6. The quantitative estimate of drug-likeness (QED) is 0.766. The number of carbonyl (C=O) groups excluding carboxylic acids is 1. The van der Waals surface area contributed by atoms with Gasteiger partial charge in [0.15, 0.2) is 0 Å². The van der Waals surface area contributed by atoms with Crippen molar-refractivity contribution in [1.29, 1.82) is 0 Å². The molecule has 1 aromatic heterocycles. The monoisotopic (exact) mass is 388 g/mol. The van der Waals surface area contributed by atoms with Crippen molar-refractivity contribution >= 4 is 29.8 Å². The van der Waals surface area contributed by atoms with Crippen molar-refractivity contribution < 1.29 is 14.7 Å². The van der Waals surface area contributed by atoms with E-state index in [0.29, 0.717) is 18.1 Å². The molecule has 3 rings (SSSR count). The number of amides is 1. The molecule has 1 unspecified atom stereocenters. The van der Waals surface area contributed by atoms with Gasteiger partial charge in [0.05, 0.1) is 6.54 Å². The molecule has 1 aliphatic rings. The number of aromatic nitrogens is 1. The molecule has 0 radical (unpaired) electrons. The van der Waals surface area contributed by atoms with Crippen LogP contribution in [0.15, 0.2) is 42.6 Å². The van der Waals surface area contributed by atoms with Crippen molar-refractivity contribution in [3.63, 3.8) is 0 Å². The van der Waals surface area contributed by atoms with E-state index in [-0.39, 0.29) is 13.0 Å². The van der Waals surface area contributed by atoms with Gasteiger partial charge in [0.1, 0.15) is 17.8 Å². The van der Waals surface area contributed by atoms with Gasteiger partial charge in [0, 0.05) is 36.3 Å². The Kier molecular flexibility index (Phi) is 5.62. The van der Waals surface area contributed by atoms with Crippen molar-refractivity contribution in [3.05, 3.63) is 47.6 Å². The van der Waals surface area contributed by atoms with Crippen molar-refractivity contribution in [2.45, 2.75) is 12.1 Å². The molecule has 1 fully saturated rings. The molecular formula is C19H21ClN4O3. The van der Waals surface area contributed by atoms with Gasteiger partial charge in [-0.1, -0.05) is 23.7 Å². The van der Waals surface area contributed by atoms with E-state index in [9.17, 15) is 14.7 Å². The minimum atomic E-state index is -1.04. The van der Waals surface area contributed by atoms with Crippen LogP contribution in [0.3, 0.4) is 0 Å². The van der Waals surface area contributed by atoms with Gasteiger partial charge in [-0.25, -0.2) is 9.78 Å². The SMILES string of the molecule is CNC1(CC=O)CN(c2ccc(-c3ccc(Cl)cc3)cn2)CCN1C(=O)O. The summed E-state index contributed by atoms with van der Waals surface area (Å²) in [6.45, 7) is 1.12. The van der Waals surface area contributed by atoms with E-state index in [1.165, 1.54) is 4.90 Å². The molecule has 0 aliphatic carbocycles. The number of carboxylic acid groups (broad SMARTS) is 1. The number of likely N-dealkylation sites (N-methyl/N-ethyl adjacent to an activating group) is 1. The van der Waals surface area contributed by atoms with Crippen LogP contribution in [0.4, 0.5) is 10.6 Å². The summed E-state index contributed by atoms with van der Waals surface area (Å²) in [6.07, 6.45) is 1.54. The maximum atomic E-state index is 11.6. The molecule has 0 bridgehead atoms. The fraction of sp³-hybridized carbons (Fsp3) is 0.316. The van der Waals surface area contributed by atoms with Gasteiger partial charge in [-0.2, -0.15) is 0 Å². The second-order valence-corrected chi connectivity index (χ2v) is 6.86. The van der Waals surface area contributed by atoms with E-state index in [4.69, 9.17) is 11.6 Å². The van der Waals surface area contributed by atoms with Crippen LogP contribution < -0.4 is 10.2 Å². The Morgan fingerprint density at radius 1 is 1.26 bits per heavy atom. The Morgan fingerprint density at radius 3 is 2.52 bits per heavy atom. The third-order valence-electron chi connectivity index (χ3n) is 4.93. The number of halogens is 1. The molecule has 142 valence electrons. The summed E-state index contributed by atoms with van der Waals surface area (Å²) in [5.41, 5.74) is 1.01.